The van der Waals surface area contributed by atoms with Crippen molar-refractivity contribution in [3.63, 3.8) is 0 Å². The average Bonchev–Trinajstić information content (AvgIpc) is 2.43. The van der Waals surface area contributed by atoms with E-state index < -0.39 is 0 Å². The van der Waals surface area contributed by atoms with Gasteiger partial charge in [-0.05, 0) is 24.6 Å². The van der Waals surface area contributed by atoms with E-state index in [0.717, 1.165) is 29.6 Å². The zero-order valence-electron chi connectivity index (χ0n) is 11.9. The third kappa shape index (κ3) is 3.93. The van der Waals surface area contributed by atoms with E-state index in [4.69, 9.17) is 4.74 Å². The van der Waals surface area contributed by atoms with Crippen LogP contribution in [0.5, 0.6) is 5.75 Å². The molecular formula is C16H22N2O. The van der Waals surface area contributed by atoms with E-state index in [1.807, 2.05) is 24.4 Å². The third-order valence-corrected chi connectivity index (χ3v) is 3.09. The first-order valence-corrected chi connectivity index (χ1v) is 6.94. The standard InChI is InChI=1S/C16H22N2O/c1-4-14(11-18-12(2)3)19-15-8-7-13-6-5-9-17-16(13)10-15/h5-10,12,14,18H,4,11H2,1-3H3. The third-order valence-electron chi connectivity index (χ3n) is 3.09. The molecule has 0 spiro atoms. The average molecular weight is 258 g/mol. The number of benzene rings is 1. The molecule has 1 unspecified atom stereocenters. The van der Waals surface area contributed by atoms with E-state index in [1.54, 1.807) is 0 Å². The molecule has 0 amide bonds. The van der Waals surface area contributed by atoms with Crippen LogP contribution in [0, 0.1) is 0 Å². The first-order chi connectivity index (χ1) is 9.19. The summed E-state index contributed by atoms with van der Waals surface area (Å²) in [5.41, 5.74) is 0.978. The number of fused-ring (bicyclic) bond motifs is 1. The highest BCUT2D eigenvalue weighted by atomic mass is 16.5. The summed E-state index contributed by atoms with van der Waals surface area (Å²) in [6.45, 7) is 7.31. The van der Waals surface area contributed by atoms with Gasteiger partial charge >= 0.3 is 0 Å². The van der Waals surface area contributed by atoms with E-state index in [9.17, 15) is 0 Å². The Kier molecular flexibility index (Phi) is 4.74. The second-order valence-corrected chi connectivity index (χ2v) is 5.07. The summed E-state index contributed by atoms with van der Waals surface area (Å²) in [4.78, 5) is 4.35. The topological polar surface area (TPSA) is 34.1 Å². The fourth-order valence-electron chi connectivity index (χ4n) is 1.95. The molecule has 102 valence electrons. The molecule has 1 atom stereocenters. The highest BCUT2D eigenvalue weighted by Crippen LogP contribution is 2.20. The maximum Gasteiger partial charge on any atom is 0.121 e. The minimum absolute atomic E-state index is 0.198. The largest absolute Gasteiger partial charge is 0.489 e. The molecule has 3 nitrogen and oxygen atoms in total. The van der Waals surface area contributed by atoms with Gasteiger partial charge in [-0.15, -0.1) is 0 Å². The van der Waals surface area contributed by atoms with Gasteiger partial charge in [0.2, 0.25) is 0 Å². The minimum Gasteiger partial charge on any atom is -0.489 e. The van der Waals surface area contributed by atoms with Crippen molar-refractivity contribution in [2.75, 3.05) is 6.54 Å². The fourth-order valence-corrected chi connectivity index (χ4v) is 1.95. The van der Waals surface area contributed by atoms with E-state index >= 15 is 0 Å². The van der Waals surface area contributed by atoms with Gasteiger partial charge in [-0.2, -0.15) is 0 Å². The van der Waals surface area contributed by atoms with Gasteiger partial charge in [-0.3, -0.25) is 4.98 Å². The highest BCUT2D eigenvalue weighted by Gasteiger charge is 2.09. The summed E-state index contributed by atoms with van der Waals surface area (Å²) in [5, 5.41) is 4.56. The van der Waals surface area contributed by atoms with Crippen LogP contribution in [-0.2, 0) is 0 Å². The Hall–Kier alpha value is -1.61. The smallest absolute Gasteiger partial charge is 0.121 e. The van der Waals surface area contributed by atoms with E-state index in [-0.39, 0.29) is 6.10 Å². The van der Waals surface area contributed by atoms with Gasteiger partial charge in [0, 0.05) is 30.2 Å². The molecule has 1 heterocycles. The van der Waals surface area contributed by atoms with E-state index in [0.29, 0.717) is 6.04 Å². The van der Waals surface area contributed by atoms with Gasteiger partial charge in [-0.1, -0.05) is 26.8 Å². The second-order valence-electron chi connectivity index (χ2n) is 5.07. The molecule has 0 saturated heterocycles. The molecule has 0 bridgehead atoms. The Labute approximate surface area is 115 Å². The molecule has 3 heteroatoms. The lowest BCUT2D eigenvalue weighted by atomic mass is 10.2. The normalized spacial score (nSPS) is 12.8. The molecule has 1 aromatic heterocycles. The molecule has 19 heavy (non-hydrogen) atoms. The number of ether oxygens (including phenoxy) is 1. The Morgan fingerprint density at radius 2 is 2.11 bits per heavy atom. The summed E-state index contributed by atoms with van der Waals surface area (Å²) < 4.78 is 6.02. The van der Waals surface area contributed by atoms with Gasteiger partial charge in [0.15, 0.2) is 0 Å². The molecule has 0 aliphatic rings. The van der Waals surface area contributed by atoms with Crippen molar-refractivity contribution in [3.8, 4) is 5.75 Å². The summed E-state index contributed by atoms with van der Waals surface area (Å²) in [6, 6.07) is 10.6. The van der Waals surface area contributed by atoms with Gasteiger partial charge in [0.1, 0.15) is 11.9 Å². The van der Waals surface area contributed by atoms with Crippen LogP contribution in [0.3, 0.4) is 0 Å². The summed E-state index contributed by atoms with van der Waals surface area (Å²) in [6.07, 6.45) is 2.99. The maximum absolute atomic E-state index is 6.02. The molecule has 2 rings (SSSR count). The Morgan fingerprint density at radius 3 is 2.84 bits per heavy atom. The first kappa shape index (κ1) is 13.8. The van der Waals surface area contributed by atoms with Crippen molar-refractivity contribution in [3.05, 3.63) is 36.5 Å². The van der Waals surface area contributed by atoms with E-state index in [1.165, 1.54) is 0 Å². The van der Waals surface area contributed by atoms with Crippen molar-refractivity contribution < 1.29 is 4.74 Å². The lowest BCUT2D eigenvalue weighted by Gasteiger charge is -2.19. The summed E-state index contributed by atoms with van der Waals surface area (Å²) >= 11 is 0. The molecule has 1 N–H and O–H groups in total. The van der Waals surface area contributed by atoms with Gasteiger partial charge in [0.25, 0.3) is 0 Å². The zero-order valence-corrected chi connectivity index (χ0v) is 11.9. The SMILES string of the molecule is CCC(CNC(C)C)Oc1ccc2cccnc2c1. The van der Waals surface area contributed by atoms with Crippen LogP contribution < -0.4 is 10.1 Å². The number of hydrogen-bond acceptors (Lipinski definition) is 3. The Bertz CT molecular complexity index is 525. The zero-order chi connectivity index (χ0) is 13.7. The number of nitrogens with zero attached hydrogens (tertiary/aromatic N) is 1. The lowest BCUT2D eigenvalue weighted by molar-refractivity contribution is 0.190. The number of rotatable bonds is 6. The molecule has 1 aromatic carbocycles. The monoisotopic (exact) mass is 258 g/mol. The van der Waals surface area contributed by atoms with Crippen LogP contribution in [0.2, 0.25) is 0 Å². The summed E-state index contributed by atoms with van der Waals surface area (Å²) in [5.74, 6) is 0.892. The van der Waals surface area contributed by atoms with Crippen LogP contribution >= 0.6 is 0 Å². The van der Waals surface area contributed by atoms with Crippen molar-refractivity contribution in [2.45, 2.75) is 39.3 Å². The van der Waals surface area contributed by atoms with Crippen molar-refractivity contribution >= 4 is 10.9 Å². The lowest BCUT2D eigenvalue weighted by Crippen LogP contribution is -2.34. The summed E-state index contributed by atoms with van der Waals surface area (Å²) in [7, 11) is 0. The molecule has 2 aromatic rings. The predicted molar refractivity (Wildman–Crippen MR) is 79.6 cm³/mol. The van der Waals surface area contributed by atoms with Gasteiger partial charge in [-0.25, -0.2) is 0 Å². The maximum atomic E-state index is 6.02. The van der Waals surface area contributed by atoms with Crippen LogP contribution in [0.25, 0.3) is 10.9 Å². The fraction of sp³-hybridized carbons (Fsp3) is 0.438. The molecule has 0 radical (unpaired) electrons. The Balaban J connectivity index is 2.06. The van der Waals surface area contributed by atoms with Crippen molar-refractivity contribution in [1.29, 1.82) is 0 Å². The molecular weight excluding hydrogens is 236 g/mol. The van der Waals surface area contributed by atoms with Gasteiger partial charge < -0.3 is 10.1 Å². The number of nitrogens with one attached hydrogen (secondary N) is 1. The second kappa shape index (κ2) is 6.53. The number of aromatic nitrogens is 1. The molecule has 0 saturated carbocycles. The number of pyridine rings is 1. The van der Waals surface area contributed by atoms with Gasteiger partial charge in [0.05, 0.1) is 5.52 Å². The van der Waals surface area contributed by atoms with Crippen LogP contribution in [0.1, 0.15) is 27.2 Å². The Morgan fingerprint density at radius 1 is 1.26 bits per heavy atom. The predicted octanol–water partition coefficient (Wildman–Crippen LogP) is 3.39. The minimum atomic E-state index is 0.198. The highest BCUT2D eigenvalue weighted by molar-refractivity contribution is 5.79. The van der Waals surface area contributed by atoms with E-state index in [2.05, 4.69) is 43.2 Å². The molecule has 0 aliphatic heterocycles. The van der Waals surface area contributed by atoms with Crippen LogP contribution in [0.4, 0.5) is 0 Å². The first-order valence-electron chi connectivity index (χ1n) is 6.94. The van der Waals surface area contributed by atoms with Crippen LogP contribution in [-0.4, -0.2) is 23.7 Å². The number of hydrogen-bond donors (Lipinski definition) is 1. The molecule has 0 aliphatic carbocycles. The van der Waals surface area contributed by atoms with Crippen molar-refractivity contribution in [1.82, 2.24) is 10.3 Å². The van der Waals surface area contributed by atoms with Crippen LogP contribution in [0.15, 0.2) is 36.5 Å². The van der Waals surface area contributed by atoms with Crippen molar-refractivity contribution in [2.24, 2.45) is 0 Å². The quantitative estimate of drug-likeness (QED) is 0.862. The molecule has 0 fully saturated rings.